The molecule has 0 rings (SSSR count). The summed E-state index contributed by atoms with van der Waals surface area (Å²) >= 11 is 0. The van der Waals surface area contributed by atoms with Gasteiger partial charge >= 0.3 is 11.9 Å². The molecule has 0 aromatic rings. The van der Waals surface area contributed by atoms with Crippen LogP contribution in [0.2, 0.25) is 0 Å². The molecule has 0 unspecified atom stereocenters. The van der Waals surface area contributed by atoms with Crippen molar-refractivity contribution in [1.29, 1.82) is 0 Å². The molecule has 0 aromatic heterocycles. The van der Waals surface area contributed by atoms with E-state index in [1.807, 2.05) is 0 Å². The van der Waals surface area contributed by atoms with Crippen LogP contribution in [0.4, 0.5) is 0 Å². The minimum atomic E-state index is -0.758. The second kappa shape index (κ2) is 28.5. The predicted octanol–water partition coefficient (Wildman–Crippen LogP) is 8.84. The van der Waals surface area contributed by atoms with E-state index in [1.54, 1.807) is 0 Å². The molecule has 0 saturated heterocycles. The molecule has 0 spiro atoms. The maximum Gasteiger partial charge on any atom is 0.306 e. The Bertz CT molecular complexity index is 480. The highest BCUT2D eigenvalue weighted by Gasteiger charge is 2.16. The van der Waals surface area contributed by atoms with Gasteiger partial charge in [-0.15, -0.1) is 0 Å². The summed E-state index contributed by atoms with van der Waals surface area (Å²) in [5.41, 5.74) is 0. The standard InChI is InChI=1S/C31H60O5/c1-3-5-7-9-11-13-15-16-18-19-21-23-25-30(33)35-28-29(27-32)36-31(34)26-24-22-20-17-14-12-10-8-6-4-2/h29,32H,3-28H2,1-2H3/t29-/m0/s1. The fourth-order valence-corrected chi connectivity index (χ4v) is 4.49. The molecule has 0 amide bonds. The molecular weight excluding hydrogens is 452 g/mol. The van der Waals surface area contributed by atoms with Crippen LogP contribution in [0.25, 0.3) is 0 Å². The highest BCUT2D eigenvalue weighted by atomic mass is 16.6. The van der Waals surface area contributed by atoms with Crippen LogP contribution in [0.3, 0.4) is 0 Å². The van der Waals surface area contributed by atoms with E-state index in [0.29, 0.717) is 12.8 Å². The third-order valence-electron chi connectivity index (χ3n) is 6.90. The number of carbonyl (C=O) groups is 2. The summed E-state index contributed by atoms with van der Waals surface area (Å²) in [7, 11) is 0. The van der Waals surface area contributed by atoms with Gasteiger partial charge in [0.25, 0.3) is 0 Å². The zero-order chi connectivity index (χ0) is 26.5. The van der Waals surface area contributed by atoms with E-state index in [0.717, 1.165) is 32.1 Å². The van der Waals surface area contributed by atoms with Crippen LogP contribution in [-0.4, -0.2) is 36.4 Å². The Balaban J connectivity index is 3.56. The summed E-state index contributed by atoms with van der Waals surface area (Å²) in [5, 5.41) is 9.45. The number of aliphatic hydroxyl groups excluding tert-OH is 1. The van der Waals surface area contributed by atoms with Gasteiger partial charge in [0.15, 0.2) is 6.10 Å². The van der Waals surface area contributed by atoms with Gasteiger partial charge in [0.2, 0.25) is 0 Å². The Morgan fingerprint density at radius 3 is 1.22 bits per heavy atom. The van der Waals surface area contributed by atoms with E-state index in [1.165, 1.54) is 109 Å². The molecule has 0 heterocycles. The average molecular weight is 513 g/mol. The van der Waals surface area contributed by atoms with E-state index in [4.69, 9.17) is 9.47 Å². The number of rotatable bonds is 28. The lowest BCUT2D eigenvalue weighted by atomic mass is 10.0. The molecule has 0 aromatic carbocycles. The molecule has 5 heteroatoms. The van der Waals surface area contributed by atoms with Gasteiger partial charge in [-0.05, 0) is 12.8 Å². The van der Waals surface area contributed by atoms with Crippen molar-refractivity contribution in [3.63, 3.8) is 0 Å². The first-order chi connectivity index (χ1) is 17.6. The fourth-order valence-electron chi connectivity index (χ4n) is 4.49. The van der Waals surface area contributed by atoms with Gasteiger partial charge in [-0.2, -0.15) is 0 Å². The first kappa shape index (κ1) is 34.9. The summed E-state index contributed by atoms with van der Waals surface area (Å²) < 4.78 is 10.5. The predicted molar refractivity (Wildman–Crippen MR) is 150 cm³/mol. The maximum atomic E-state index is 12.0. The van der Waals surface area contributed by atoms with E-state index >= 15 is 0 Å². The molecule has 214 valence electrons. The highest BCUT2D eigenvalue weighted by molar-refractivity contribution is 5.70. The number of aliphatic hydroxyl groups is 1. The molecular formula is C31H60O5. The first-order valence-corrected chi connectivity index (χ1v) is 15.6. The topological polar surface area (TPSA) is 72.8 Å². The first-order valence-electron chi connectivity index (χ1n) is 15.6. The molecule has 0 aliphatic rings. The quantitative estimate of drug-likeness (QED) is 0.0837. The Morgan fingerprint density at radius 1 is 0.528 bits per heavy atom. The molecule has 1 N–H and O–H groups in total. The molecule has 0 radical (unpaired) electrons. The van der Waals surface area contributed by atoms with Gasteiger partial charge in [0, 0.05) is 12.8 Å². The van der Waals surface area contributed by atoms with Crippen molar-refractivity contribution >= 4 is 11.9 Å². The molecule has 0 bridgehead atoms. The minimum absolute atomic E-state index is 0.0582. The summed E-state index contributed by atoms with van der Waals surface area (Å²) in [5.74, 6) is -0.586. The maximum absolute atomic E-state index is 12.0. The van der Waals surface area contributed by atoms with Crippen molar-refractivity contribution in [3.05, 3.63) is 0 Å². The van der Waals surface area contributed by atoms with Gasteiger partial charge in [0.1, 0.15) is 6.61 Å². The lowest BCUT2D eigenvalue weighted by molar-refractivity contribution is -0.161. The Kier molecular flexibility index (Phi) is 27.6. The second-order valence-electron chi connectivity index (χ2n) is 10.5. The van der Waals surface area contributed by atoms with Crippen molar-refractivity contribution < 1.29 is 24.2 Å². The third kappa shape index (κ3) is 26.0. The molecule has 0 fully saturated rings. The van der Waals surface area contributed by atoms with Crippen molar-refractivity contribution in [3.8, 4) is 0 Å². The number of esters is 2. The number of ether oxygens (including phenoxy) is 2. The number of unbranched alkanes of at least 4 members (excludes halogenated alkanes) is 20. The Morgan fingerprint density at radius 2 is 0.861 bits per heavy atom. The monoisotopic (exact) mass is 512 g/mol. The van der Waals surface area contributed by atoms with Crippen LogP contribution in [-0.2, 0) is 19.1 Å². The second-order valence-corrected chi connectivity index (χ2v) is 10.5. The third-order valence-corrected chi connectivity index (χ3v) is 6.90. The van der Waals surface area contributed by atoms with Crippen molar-refractivity contribution in [1.82, 2.24) is 0 Å². The normalized spacial score (nSPS) is 12.0. The lowest BCUT2D eigenvalue weighted by Crippen LogP contribution is -2.28. The minimum Gasteiger partial charge on any atom is -0.462 e. The van der Waals surface area contributed by atoms with Crippen molar-refractivity contribution in [2.24, 2.45) is 0 Å². The summed E-state index contributed by atoms with van der Waals surface area (Å²) in [6.45, 7) is 4.11. The van der Waals surface area contributed by atoms with Crippen molar-refractivity contribution in [2.45, 2.75) is 174 Å². The van der Waals surface area contributed by atoms with Gasteiger partial charge in [-0.1, -0.05) is 142 Å². The van der Waals surface area contributed by atoms with E-state index < -0.39 is 6.10 Å². The van der Waals surface area contributed by atoms with Crippen LogP contribution in [0.15, 0.2) is 0 Å². The van der Waals surface area contributed by atoms with Crippen LogP contribution >= 0.6 is 0 Å². The van der Waals surface area contributed by atoms with E-state index in [9.17, 15) is 14.7 Å². The van der Waals surface area contributed by atoms with Crippen LogP contribution in [0.5, 0.6) is 0 Å². The van der Waals surface area contributed by atoms with E-state index in [-0.39, 0.29) is 25.2 Å². The molecule has 0 aliphatic heterocycles. The summed E-state index contributed by atoms with van der Waals surface area (Å²) in [6.07, 6.45) is 27.2. The molecule has 0 aliphatic carbocycles. The molecule has 36 heavy (non-hydrogen) atoms. The zero-order valence-electron chi connectivity index (χ0n) is 24.0. The fraction of sp³-hybridized carbons (Fsp3) is 0.935. The zero-order valence-corrected chi connectivity index (χ0v) is 24.0. The number of hydrogen-bond donors (Lipinski definition) is 1. The van der Waals surface area contributed by atoms with Crippen LogP contribution < -0.4 is 0 Å². The van der Waals surface area contributed by atoms with E-state index in [2.05, 4.69) is 13.8 Å². The SMILES string of the molecule is CCCCCCCCCCCCCCC(=O)OC[C@H](CO)OC(=O)CCCCCCCCCCCC. The lowest BCUT2D eigenvalue weighted by Gasteiger charge is -2.15. The molecule has 0 saturated carbocycles. The number of carbonyl (C=O) groups excluding carboxylic acids is 2. The Labute approximate surface area is 223 Å². The van der Waals surface area contributed by atoms with Gasteiger partial charge in [0.05, 0.1) is 6.61 Å². The van der Waals surface area contributed by atoms with Crippen LogP contribution in [0.1, 0.15) is 168 Å². The van der Waals surface area contributed by atoms with Crippen molar-refractivity contribution in [2.75, 3.05) is 13.2 Å². The number of hydrogen-bond acceptors (Lipinski definition) is 5. The summed E-state index contributed by atoms with van der Waals surface area (Å²) in [4.78, 5) is 24.0. The van der Waals surface area contributed by atoms with Gasteiger partial charge in [-0.3, -0.25) is 9.59 Å². The molecule has 1 atom stereocenters. The summed E-state index contributed by atoms with van der Waals surface area (Å²) in [6, 6.07) is 0. The average Bonchev–Trinajstić information content (AvgIpc) is 2.88. The largest absolute Gasteiger partial charge is 0.462 e. The molecule has 5 nitrogen and oxygen atoms in total. The van der Waals surface area contributed by atoms with Crippen LogP contribution in [0, 0.1) is 0 Å². The Hall–Kier alpha value is -1.10. The van der Waals surface area contributed by atoms with Gasteiger partial charge < -0.3 is 14.6 Å². The smallest absolute Gasteiger partial charge is 0.306 e. The highest BCUT2D eigenvalue weighted by Crippen LogP contribution is 2.14. The van der Waals surface area contributed by atoms with Gasteiger partial charge in [-0.25, -0.2) is 0 Å².